The molecule has 0 aliphatic carbocycles. The van der Waals surface area contributed by atoms with Crippen molar-refractivity contribution >= 4 is 25.5 Å². The van der Waals surface area contributed by atoms with Crippen LogP contribution >= 0.6 is 0 Å². The highest BCUT2D eigenvalue weighted by Gasteiger charge is 2.24. The van der Waals surface area contributed by atoms with Crippen LogP contribution in [0.1, 0.15) is 5.56 Å². The summed E-state index contributed by atoms with van der Waals surface area (Å²) < 4.78 is 47.0. The van der Waals surface area contributed by atoms with Crippen molar-refractivity contribution in [3.8, 4) is 0 Å². The molecular formula is C10H16N2O4S2. The molecule has 8 heteroatoms. The second-order valence-electron chi connectivity index (χ2n) is 3.96. The summed E-state index contributed by atoms with van der Waals surface area (Å²) >= 11 is 0. The minimum atomic E-state index is -3.91. The van der Waals surface area contributed by atoms with E-state index in [1.165, 1.54) is 7.05 Å². The zero-order valence-corrected chi connectivity index (χ0v) is 11.8. The quantitative estimate of drug-likeness (QED) is 0.818. The molecule has 0 bridgehead atoms. The van der Waals surface area contributed by atoms with Crippen molar-refractivity contribution < 1.29 is 16.8 Å². The summed E-state index contributed by atoms with van der Waals surface area (Å²) in [6.07, 6.45) is 0.882. The first kappa shape index (κ1) is 14.9. The largest absolute Gasteiger partial charge is 0.326 e. The highest BCUT2D eigenvalue weighted by molar-refractivity contribution is 8.08. The Balaban J connectivity index is 3.18. The van der Waals surface area contributed by atoms with E-state index in [1.54, 1.807) is 24.3 Å². The number of nitrogens with zero attached hydrogens (tertiary/aromatic N) is 1. The van der Waals surface area contributed by atoms with Crippen LogP contribution in [0.25, 0.3) is 0 Å². The highest BCUT2D eigenvalue weighted by atomic mass is 32.3. The van der Waals surface area contributed by atoms with E-state index in [-0.39, 0.29) is 6.54 Å². The monoisotopic (exact) mass is 292 g/mol. The fourth-order valence-corrected chi connectivity index (χ4v) is 4.76. The molecule has 0 unspecified atom stereocenters. The van der Waals surface area contributed by atoms with E-state index in [9.17, 15) is 16.8 Å². The van der Waals surface area contributed by atoms with Gasteiger partial charge in [-0.25, -0.2) is 16.8 Å². The second-order valence-corrected chi connectivity index (χ2v) is 8.46. The van der Waals surface area contributed by atoms with Crippen LogP contribution in [-0.2, 0) is 26.4 Å². The Kier molecular flexibility index (Phi) is 4.36. The SMILES string of the molecule is CN(c1ccccc1CN)S(=O)(=O)CS(C)(=O)=O. The minimum Gasteiger partial charge on any atom is -0.326 e. The van der Waals surface area contributed by atoms with E-state index in [0.717, 1.165) is 10.6 Å². The molecule has 0 atom stereocenters. The number of nitrogens with two attached hydrogens (primary N) is 1. The molecule has 0 aromatic heterocycles. The number of benzene rings is 1. The molecule has 18 heavy (non-hydrogen) atoms. The Morgan fingerprint density at radius 1 is 1.17 bits per heavy atom. The third-order valence-corrected chi connectivity index (χ3v) is 6.27. The molecule has 0 fully saturated rings. The van der Waals surface area contributed by atoms with Gasteiger partial charge in [-0.2, -0.15) is 0 Å². The molecule has 2 N–H and O–H groups in total. The predicted molar refractivity (Wildman–Crippen MR) is 71.4 cm³/mol. The van der Waals surface area contributed by atoms with Gasteiger partial charge in [-0.3, -0.25) is 4.31 Å². The fourth-order valence-electron chi connectivity index (χ4n) is 1.49. The van der Waals surface area contributed by atoms with Crippen molar-refractivity contribution in [2.75, 3.05) is 22.7 Å². The van der Waals surface area contributed by atoms with E-state index < -0.39 is 24.9 Å². The van der Waals surface area contributed by atoms with E-state index in [1.807, 2.05) is 0 Å². The zero-order valence-electron chi connectivity index (χ0n) is 10.2. The number of sulfonamides is 1. The summed E-state index contributed by atoms with van der Waals surface area (Å²) in [6, 6.07) is 6.69. The van der Waals surface area contributed by atoms with E-state index in [0.29, 0.717) is 11.3 Å². The zero-order chi connectivity index (χ0) is 14.0. The first-order chi connectivity index (χ1) is 8.17. The number of anilines is 1. The van der Waals surface area contributed by atoms with Crippen molar-refractivity contribution in [3.05, 3.63) is 29.8 Å². The van der Waals surface area contributed by atoms with E-state index in [2.05, 4.69) is 0 Å². The van der Waals surface area contributed by atoms with Crippen molar-refractivity contribution in [2.24, 2.45) is 5.73 Å². The molecule has 0 heterocycles. The van der Waals surface area contributed by atoms with Gasteiger partial charge in [0.2, 0.25) is 10.0 Å². The molecule has 0 saturated carbocycles. The molecule has 0 radical (unpaired) electrons. The molecule has 0 spiro atoms. The van der Waals surface area contributed by atoms with Gasteiger partial charge in [0.15, 0.2) is 14.9 Å². The summed E-state index contributed by atoms with van der Waals surface area (Å²) in [5.41, 5.74) is 6.55. The van der Waals surface area contributed by atoms with Crippen LogP contribution < -0.4 is 10.0 Å². The molecule has 102 valence electrons. The van der Waals surface area contributed by atoms with Gasteiger partial charge in [0.1, 0.15) is 0 Å². The summed E-state index contributed by atoms with van der Waals surface area (Å²) in [5, 5.41) is -0.921. The average molecular weight is 292 g/mol. The first-order valence-electron chi connectivity index (χ1n) is 5.09. The summed E-state index contributed by atoms with van der Waals surface area (Å²) in [4.78, 5) is 0. The molecular weight excluding hydrogens is 276 g/mol. The van der Waals surface area contributed by atoms with Crippen LogP contribution in [0.5, 0.6) is 0 Å². The lowest BCUT2D eigenvalue weighted by atomic mass is 10.2. The maximum atomic E-state index is 11.9. The van der Waals surface area contributed by atoms with Crippen molar-refractivity contribution in [1.29, 1.82) is 0 Å². The van der Waals surface area contributed by atoms with Crippen LogP contribution in [0, 0.1) is 0 Å². The number of hydrogen-bond acceptors (Lipinski definition) is 5. The van der Waals surface area contributed by atoms with Crippen molar-refractivity contribution in [3.63, 3.8) is 0 Å². The highest BCUT2D eigenvalue weighted by Crippen LogP contribution is 2.21. The number of hydrogen-bond donors (Lipinski definition) is 1. The maximum Gasteiger partial charge on any atom is 0.249 e. The van der Waals surface area contributed by atoms with Gasteiger partial charge < -0.3 is 5.73 Å². The van der Waals surface area contributed by atoms with E-state index in [4.69, 9.17) is 5.73 Å². The van der Waals surface area contributed by atoms with E-state index >= 15 is 0 Å². The summed E-state index contributed by atoms with van der Waals surface area (Å²) in [5.74, 6) is 0. The summed E-state index contributed by atoms with van der Waals surface area (Å²) in [7, 11) is -6.21. The number of rotatable bonds is 5. The van der Waals surface area contributed by atoms with Crippen LogP contribution in [0.3, 0.4) is 0 Å². The molecule has 1 aromatic carbocycles. The Labute approximate surface area is 107 Å². The smallest absolute Gasteiger partial charge is 0.249 e. The van der Waals surface area contributed by atoms with Gasteiger partial charge in [-0.1, -0.05) is 18.2 Å². The Bertz CT molecular complexity index is 623. The normalized spacial score (nSPS) is 12.4. The number of para-hydroxylation sites is 1. The lowest BCUT2D eigenvalue weighted by Gasteiger charge is -2.21. The van der Waals surface area contributed by atoms with Gasteiger partial charge in [-0.15, -0.1) is 0 Å². The van der Waals surface area contributed by atoms with Crippen LogP contribution in [0.4, 0.5) is 5.69 Å². The van der Waals surface area contributed by atoms with Gasteiger partial charge in [0.05, 0.1) is 5.69 Å². The molecule has 0 amide bonds. The lowest BCUT2D eigenvalue weighted by Crippen LogP contribution is -2.32. The van der Waals surface area contributed by atoms with Crippen molar-refractivity contribution in [1.82, 2.24) is 0 Å². The predicted octanol–water partition coefficient (Wildman–Crippen LogP) is -0.0866. The number of sulfone groups is 1. The Morgan fingerprint density at radius 2 is 1.72 bits per heavy atom. The molecule has 0 saturated heterocycles. The maximum absolute atomic E-state index is 11.9. The average Bonchev–Trinajstić information content (AvgIpc) is 2.24. The molecule has 0 aliphatic heterocycles. The summed E-state index contributed by atoms with van der Waals surface area (Å²) in [6.45, 7) is 0.176. The Morgan fingerprint density at radius 3 is 2.22 bits per heavy atom. The second kappa shape index (κ2) is 5.25. The van der Waals surface area contributed by atoms with Crippen LogP contribution in [0.2, 0.25) is 0 Å². The van der Waals surface area contributed by atoms with Gasteiger partial charge in [0, 0.05) is 19.8 Å². The lowest BCUT2D eigenvalue weighted by molar-refractivity contribution is 0.590. The van der Waals surface area contributed by atoms with Crippen molar-refractivity contribution in [2.45, 2.75) is 6.54 Å². The van der Waals surface area contributed by atoms with Gasteiger partial charge in [0.25, 0.3) is 0 Å². The molecule has 1 aromatic rings. The van der Waals surface area contributed by atoms with Crippen LogP contribution in [0.15, 0.2) is 24.3 Å². The third kappa shape index (κ3) is 3.69. The van der Waals surface area contributed by atoms with Gasteiger partial charge >= 0.3 is 0 Å². The topological polar surface area (TPSA) is 97.5 Å². The molecule has 6 nitrogen and oxygen atoms in total. The fraction of sp³-hybridized carbons (Fsp3) is 0.400. The van der Waals surface area contributed by atoms with Crippen LogP contribution in [-0.4, -0.2) is 35.2 Å². The third-order valence-electron chi connectivity index (χ3n) is 2.33. The van der Waals surface area contributed by atoms with Gasteiger partial charge in [-0.05, 0) is 11.6 Å². The first-order valence-corrected chi connectivity index (χ1v) is 8.76. The minimum absolute atomic E-state index is 0.176. The molecule has 1 rings (SSSR count). The molecule has 0 aliphatic rings. The standard InChI is InChI=1S/C10H16N2O4S2/c1-12(18(15,16)8-17(2,13)14)10-6-4-3-5-9(10)7-11/h3-6H,7-8,11H2,1-2H3. The Hall–Kier alpha value is -1.12.